The van der Waals surface area contributed by atoms with Crippen molar-refractivity contribution in [3.8, 4) is 11.3 Å². The van der Waals surface area contributed by atoms with Gasteiger partial charge in [-0.05, 0) is 36.2 Å². The molecule has 2 aromatic carbocycles. The van der Waals surface area contributed by atoms with Gasteiger partial charge in [0.1, 0.15) is 0 Å². The van der Waals surface area contributed by atoms with E-state index in [1.54, 1.807) is 25.2 Å². The number of halogens is 1. The standard InChI is InChI=1S/C22H19ClN4O3S/c1-12-9-13(7-8-15(12)23)16-11-31-21(24-16)25-18(28)10-14-5-4-6-17-19(14)20(29)27(3)22(30)26(17)2/h4-9,11H,10H2,1-3H3,(H,24,25,28). The van der Waals surface area contributed by atoms with E-state index in [1.165, 1.54) is 23.0 Å². The molecule has 0 aliphatic rings. The van der Waals surface area contributed by atoms with Gasteiger partial charge in [0.25, 0.3) is 5.56 Å². The average Bonchev–Trinajstić information content (AvgIpc) is 3.20. The van der Waals surface area contributed by atoms with Gasteiger partial charge >= 0.3 is 5.69 Å². The van der Waals surface area contributed by atoms with E-state index in [2.05, 4.69) is 10.3 Å². The van der Waals surface area contributed by atoms with Gasteiger partial charge in [0.15, 0.2) is 5.13 Å². The Bertz CT molecular complexity index is 1450. The summed E-state index contributed by atoms with van der Waals surface area (Å²) in [6.45, 7) is 1.92. The minimum Gasteiger partial charge on any atom is -0.302 e. The van der Waals surface area contributed by atoms with Crippen molar-refractivity contribution in [2.45, 2.75) is 13.3 Å². The molecule has 0 radical (unpaired) electrons. The maximum atomic E-state index is 12.7. The number of nitrogens with one attached hydrogen (secondary N) is 1. The van der Waals surface area contributed by atoms with Crippen molar-refractivity contribution < 1.29 is 4.79 Å². The van der Waals surface area contributed by atoms with Gasteiger partial charge in [0.2, 0.25) is 5.91 Å². The van der Waals surface area contributed by atoms with E-state index >= 15 is 0 Å². The zero-order chi connectivity index (χ0) is 22.3. The van der Waals surface area contributed by atoms with E-state index in [0.29, 0.717) is 26.6 Å². The summed E-state index contributed by atoms with van der Waals surface area (Å²) in [6, 6.07) is 10.8. The van der Waals surface area contributed by atoms with E-state index < -0.39 is 11.2 Å². The van der Waals surface area contributed by atoms with Gasteiger partial charge < -0.3 is 5.32 Å². The molecule has 7 nitrogen and oxygen atoms in total. The summed E-state index contributed by atoms with van der Waals surface area (Å²) in [6.07, 6.45) is -0.0141. The fraction of sp³-hybridized carbons (Fsp3) is 0.182. The summed E-state index contributed by atoms with van der Waals surface area (Å²) in [5, 5.41) is 6.17. The lowest BCUT2D eigenvalue weighted by molar-refractivity contribution is -0.115. The average molecular weight is 455 g/mol. The molecule has 0 unspecified atom stereocenters. The number of aromatic nitrogens is 3. The third-order valence-electron chi connectivity index (χ3n) is 5.14. The van der Waals surface area contributed by atoms with E-state index in [0.717, 1.165) is 21.4 Å². The normalized spacial score (nSPS) is 11.1. The smallest absolute Gasteiger partial charge is 0.302 e. The van der Waals surface area contributed by atoms with E-state index in [4.69, 9.17) is 11.6 Å². The first-order valence-corrected chi connectivity index (χ1v) is 10.7. The lowest BCUT2D eigenvalue weighted by Crippen LogP contribution is -2.37. The number of benzene rings is 2. The number of hydrogen-bond donors (Lipinski definition) is 1. The Morgan fingerprint density at radius 2 is 1.94 bits per heavy atom. The van der Waals surface area contributed by atoms with Crippen molar-refractivity contribution in [1.82, 2.24) is 14.1 Å². The molecular weight excluding hydrogens is 436 g/mol. The summed E-state index contributed by atoms with van der Waals surface area (Å²) in [7, 11) is 3.03. The highest BCUT2D eigenvalue weighted by atomic mass is 35.5. The van der Waals surface area contributed by atoms with Crippen LogP contribution >= 0.6 is 22.9 Å². The molecule has 1 amide bonds. The Kier molecular flexibility index (Phi) is 5.51. The quantitative estimate of drug-likeness (QED) is 0.511. The highest BCUT2D eigenvalue weighted by Gasteiger charge is 2.15. The fourth-order valence-corrected chi connectivity index (χ4v) is 4.30. The number of carbonyl (C=O) groups excluding carboxylic acids is 1. The molecule has 0 fully saturated rings. The Morgan fingerprint density at radius 3 is 2.68 bits per heavy atom. The summed E-state index contributed by atoms with van der Waals surface area (Å²) in [4.78, 5) is 42.0. The van der Waals surface area contributed by atoms with Crippen molar-refractivity contribution in [2.24, 2.45) is 14.1 Å². The molecule has 1 N–H and O–H groups in total. The number of anilines is 1. The second-order valence-corrected chi connectivity index (χ2v) is 8.51. The number of amides is 1. The topological polar surface area (TPSA) is 86.0 Å². The monoisotopic (exact) mass is 454 g/mol. The van der Waals surface area contributed by atoms with Crippen LogP contribution in [-0.2, 0) is 25.3 Å². The van der Waals surface area contributed by atoms with Crippen LogP contribution in [-0.4, -0.2) is 20.0 Å². The van der Waals surface area contributed by atoms with E-state index in [1.807, 2.05) is 30.5 Å². The number of nitrogens with zero attached hydrogens (tertiary/aromatic N) is 3. The number of aryl methyl sites for hydroxylation is 2. The van der Waals surface area contributed by atoms with Crippen molar-refractivity contribution in [1.29, 1.82) is 0 Å². The summed E-state index contributed by atoms with van der Waals surface area (Å²) in [5.74, 6) is -0.295. The largest absolute Gasteiger partial charge is 0.330 e. The number of carbonyl (C=O) groups is 1. The first-order valence-electron chi connectivity index (χ1n) is 9.46. The zero-order valence-electron chi connectivity index (χ0n) is 17.1. The van der Waals surface area contributed by atoms with Gasteiger partial charge in [-0.15, -0.1) is 11.3 Å². The molecule has 9 heteroatoms. The van der Waals surface area contributed by atoms with Crippen LogP contribution in [0, 0.1) is 6.92 Å². The van der Waals surface area contributed by atoms with E-state index in [-0.39, 0.29) is 12.3 Å². The van der Waals surface area contributed by atoms with Crippen LogP contribution in [0.25, 0.3) is 22.2 Å². The molecule has 0 spiro atoms. The molecule has 0 bridgehead atoms. The van der Waals surface area contributed by atoms with Crippen molar-refractivity contribution in [3.63, 3.8) is 0 Å². The molecule has 2 heterocycles. The van der Waals surface area contributed by atoms with Gasteiger partial charge in [-0.2, -0.15) is 0 Å². The summed E-state index contributed by atoms with van der Waals surface area (Å²) in [5.41, 5.74) is 2.82. The molecule has 4 aromatic rings. The summed E-state index contributed by atoms with van der Waals surface area (Å²) < 4.78 is 2.45. The van der Waals surface area contributed by atoms with Crippen LogP contribution in [0.15, 0.2) is 51.4 Å². The molecule has 0 atom stereocenters. The highest BCUT2D eigenvalue weighted by Crippen LogP contribution is 2.28. The van der Waals surface area contributed by atoms with Crippen LogP contribution in [0.1, 0.15) is 11.1 Å². The van der Waals surface area contributed by atoms with Crippen LogP contribution in [0.2, 0.25) is 5.02 Å². The Hall–Kier alpha value is -3.23. The minimum atomic E-state index is -0.420. The van der Waals surface area contributed by atoms with E-state index in [9.17, 15) is 14.4 Å². The third-order valence-corrected chi connectivity index (χ3v) is 6.32. The predicted octanol–water partition coefficient (Wildman–Crippen LogP) is 3.50. The van der Waals surface area contributed by atoms with Crippen LogP contribution in [0.5, 0.6) is 0 Å². The Labute approximate surface area is 186 Å². The van der Waals surface area contributed by atoms with Gasteiger partial charge in [-0.1, -0.05) is 29.8 Å². The molecule has 31 heavy (non-hydrogen) atoms. The summed E-state index contributed by atoms with van der Waals surface area (Å²) >= 11 is 7.40. The van der Waals surface area contributed by atoms with Gasteiger partial charge in [-0.25, -0.2) is 9.78 Å². The number of fused-ring (bicyclic) bond motifs is 1. The molecule has 158 valence electrons. The van der Waals surface area contributed by atoms with Crippen molar-refractivity contribution in [3.05, 3.63) is 78.8 Å². The zero-order valence-corrected chi connectivity index (χ0v) is 18.7. The maximum Gasteiger partial charge on any atom is 0.330 e. The van der Waals surface area contributed by atoms with Crippen LogP contribution in [0.3, 0.4) is 0 Å². The molecule has 2 aromatic heterocycles. The maximum absolute atomic E-state index is 12.7. The second-order valence-electron chi connectivity index (χ2n) is 7.24. The number of hydrogen-bond acceptors (Lipinski definition) is 5. The second kappa shape index (κ2) is 8.13. The fourth-order valence-electron chi connectivity index (χ4n) is 3.45. The molecule has 0 aliphatic carbocycles. The first-order chi connectivity index (χ1) is 14.8. The lowest BCUT2D eigenvalue weighted by atomic mass is 10.1. The van der Waals surface area contributed by atoms with Crippen molar-refractivity contribution in [2.75, 3.05) is 5.32 Å². The first kappa shape index (κ1) is 21.0. The highest BCUT2D eigenvalue weighted by molar-refractivity contribution is 7.14. The Balaban J connectivity index is 1.60. The SMILES string of the molecule is Cc1cc(-c2csc(NC(=O)Cc3cccc4c3c(=O)n(C)c(=O)n4C)n2)ccc1Cl. The molecular formula is C22H19ClN4O3S. The molecule has 0 saturated heterocycles. The predicted molar refractivity (Wildman–Crippen MR) is 124 cm³/mol. The third kappa shape index (κ3) is 3.92. The minimum absolute atomic E-state index is 0.0141. The van der Waals surface area contributed by atoms with Gasteiger partial charge in [-0.3, -0.25) is 18.7 Å². The van der Waals surface area contributed by atoms with Crippen molar-refractivity contribution >= 4 is 44.9 Å². The Morgan fingerprint density at radius 1 is 1.16 bits per heavy atom. The number of thiazole rings is 1. The van der Waals surface area contributed by atoms with Gasteiger partial charge in [0.05, 0.1) is 23.0 Å². The van der Waals surface area contributed by atoms with Crippen LogP contribution < -0.4 is 16.6 Å². The number of rotatable bonds is 4. The molecule has 4 rings (SSSR count). The lowest BCUT2D eigenvalue weighted by Gasteiger charge is -2.11. The molecule has 0 aliphatic heterocycles. The van der Waals surface area contributed by atoms with Gasteiger partial charge in [0, 0.05) is 30.1 Å². The molecule has 0 saturated carbocycles. The van der Waals surface area contributed by atoms with Crippen LogP contribution in [0.4, 0.5) is 5.13 Å².